The summed E-state index contributed by atoms with van der Waals surface area (Å²) < 4.78 is 1.01. The number of piperazine rings is 1. The van der Waals surface area contributed by atoms with Gasteiger partial charge in [-0.3, -0.25) is 14.5 Å². The molecule has 0 unspecified atom stereocenters. The highest BCUT2D eigenvalue weighted by Crippen LogP contribution is 2.28. The van der Waals surface area contributed by atoms with Crippen LogP contribution in [0.1, 0.15) is 15.2 Å². The summed E-state index contributed by atoms with van der Waals surface area (Å²) in [6.07, 6.45) is 0. The first-order chi connectivity index (χ1) is 9.88. The molecule has 116 valence electrons. The third-order valence-electron chi connectivity index (χ3n) is 3.59. The lowest BCUT2D eigenvalue weighted by molar-refractivity contribution is -0.130. The van der Waals surface area contributed by atoms with E-state index in [2.05, 4.69) is 20.8 Å². The van der Waals surface area contributed by atoms with Gasteiger partial charge in [-0.1, -0.05) is 0 Å². The number of halogens is 1. The Hall–Kier alpha value is -0.920. The molecule has 2 rings (SSSR count). The number of rotatable bonds is 3. The van der Waals surface area contributed by atoms with Gasteiger partial charge in [-0.2, -0.15) is 0 Å². The second-order valence-electron chi connectivity index (χ2n) is 5.42. The van der Waals surface area contributed by atoms with E-state index < -0.39 is 0 Å². The van der Waals surface area contributed by atoms with Gasteiger partial charge in [0.25, 0.3) is 5.91 Å². The van der Waals surface area contributed by atoms with Crippen molar-refractivity contribution in [3.8, 4) is 0 Å². The van der Waals surface area contributed by atoms with Gasteiger partial charge in [0, 0.05) is 40.3 Å². The number of amides is 2. The molecule has 1 aliphatic rings. The summed E-state index contributed by atoms with van der Waals surface area (Å²) in [6, 6.07) is 1.93. The van der Waals surface area contributed by atoms with E-state index in [9.17, 15) is 9.59 Å². The number of aryl methyl sites for hydroxylation is 1. The van der Waals surface area contributed by atoms with E-state index in [0.717, 1.165) is 27.3 Å². The van der Waals surface area contributed by atoms with E-state index in [1.807, 2.05) is 17.9 Å². The molecule has 0 atom stereocenters. The van der Waals surface area contributed by atoms with E-state index >= 15 is 0 Å². The molecular formula is C14H20BrN3O2S. The molecule has 1 saturated heterocycles. The molecule has 0 bridgehead atoms. The molecule has 0 spiro atoms. The van der Waals surface area contributed by atoms with Gasteiger partial charge in [0.05, 0.1) is 15.2 Å². The Morgan fingerprint density at radius 2 is 1.90 bits per heavy atom. The largest absolute Gasteiger partial charge is 0.348 e. The molecule has 2 amide bonds. The van der Waals surface area contributed by atoms with Gasteiger partial charge in [-0.25, -0.2) is 0 Å². The first-order valence-corrected chi connectivity index (χ1v) is 8.47. The molecule has 2 heterocycles. The van der Waals surface area contributed by atoms with Crippen LogP contribution in [0.25, 0.3) is 0 Å². The third-order valence-corrected chi connectivity index (χ3v) is 5.71. The highest BCUT2D eigenvalue weighted by Gasteiger charge is 2.24. The van der Waals surface area contributed by atoms with Crippen molar-refractivity contribution in [3.63, 3.8) is 0 Å². The second kappa shape index (κ2) is 6.89. The minimum absolute atomic E-state index is 0.0902. The van der Waals surface area contributed by atoms with Crippen molar-refractivity contribution in [2.45, 2.75) is 6.92 Å². The molecule has 1 aromatic rings. The maximum atomic E-state index is 12.4. The van der Waals surface area contributed by atoms with Crippen LogP contribution in [0.4, 0.5) is 0 Å². The van der Waals surface area contributed by atoms with Gasteiger partial charge >= 0.3 is 0 Å². The van der Waals surface area contributed by atoms with Crippen LogP contribution in [0.2, 0.25) is 0 Å². The van der Waals surface area contributed by atoms with Crippen molar-refractivity contribution in [3.05, 3.63) is 20.3 Å². The fourth-order valence-electron chi connectivity index (χ4n) is 2.16. The van der Waals surface area contributed by atoms with Crippen LogP contribution in [0, 0.1) is 6.92 Å². The van der Waals surface area contributed by atoms with Crippen molar-refractivity contribution in [2.75, 3.05) is 46.8 Å². The van der Waals surface area contributed by atoms with Crippen molar-refractivity contribution >= 4 is 39.1 Å². The van der Waals surface area contributed by atoms with Gasteiger partial charge in [0.15, 0.2) is 0 Å². The van der Waals surface area contributed by atoms with Gasteiger partial charge in [0.2, 0.25) is 5.91 Å². The average molecular weight is 374 g/mol. The lowest BCUT2D eigenvalue weighted by Crippen LogP contribution is -2.50. The van der Waals surface area contributed by atoms with Crippen LogP contribution in [-0.4, -0.2) is 73.3 Å². The minimum Gasteiger partial charge on any atom is -0.348 e. The predicted molar refractivity (Wildman–Crippen MR) is 87.8 cm³/mol. The molecule has 1 fully saturated rings. The molecule has 0 aliphatic carbocycles. The maximum absolute atomic E-state index is 12.4. The number of thiophene rings is 1. The SMILES string of the molecule is Cc1cc(C(=O)N2CCN(CC(=O)N(C)C)CC2)sc1Br. The standard InChI is InChI=1S/C14H20BrN3O2S/c1-10-8-11(21-13(10)15)14(20)18-6-4-17(5-7-18)9-12(19)16(2)3/h8H,4-7,9H2,1-3H3. The Morgan fingerprint density at radius 1 is 1.29 bits per heavy atom. The van der Waals surface area contributed by atoms with Crippen LogP contribution in [-0.2, 0) is 4.79 Å². The molecule has 7 heteroatoms. The van der Waals surface area contributed by atoms with E-state index in [1.165, 1.54) is 11.3 Å². The van der Waals surface area contributed by atoms with Crippen molar-refractivity contribution < 1.29 is 9.59 Å². The van der Waals surface area contributed by atoms with E-state index in [4.69, 9.17) is 0 Å². The van der Waals surface area contributed by atoms with E-state index in [1.54, 1.807) is 19.0 Å². The van der Waals surface area contributed by atoms with Crippen LogP contribution in [0.5, 0.6) is 0 Å². The van der Waals surface area contributed by atoms with Crippen LogP contribution in [0.3, 0.4) is 0 Å². The van der Waals surface area contributed by atoms with Gasteiger partial charge in [0.1, 0.15) is 0 Å². The summed E-state index contributed by atoms with van der Waals surface area (Å²) in [7, 11) is 3.53. The van der Waals surface area contributed by atoms with Crippen LogP contribution >= 0.6 is 27.3 Å². The van der Waals surface area contributed by atoms with Crippen LogP contribution in [0.15, 0.2) is 9.85 Å². The highest BCUT2D eigenvalue weighted by atomic mass is 79.9. The Morgan fingerprint density at radius 3 is 2.38 bits per heavy atom. The number of hydrogen-bond donors (Lipinski definition) is 0. The topological polar surface area (TPSA) is 43.9 Å². The van der Waals surface area contributed by atoms with Crippen molar-refractivity contribution in [1.82, 2.24) is 14.7 Å². The molecule has 21 heavy (non-hydrogen) atoms. The molecule has 0 aromatic carbocycles. The highest BCUT2D eigenvalue weighted by molar-refractivity contribution is 9.11. The first-order valence-electron chi connectivity index (χ1n) is 6.86. The third kappa shape index (κ3) is 4.05. The Balaban J connectivity index is 1.89. The summed E-state index contributed by atoms with van der Waals surface area (Å²) in [5.41, 5.74) is 1.10. The van der Waals surface area contributed by atoms with Crippen LogP contribution < -0.4 is 0 Å². The second-order valence-corrected chi connectivity index (χ2v) is 7.79. The Labute approximate surface area is 137 Å². The van der Waals surface area contributed by atoms with Crippen molar-refractivity contribution in [1.29, 1.82) is 0 Å². The van der Waals surface area contributed by atoms with Gasteiger partial charge in [-0.05, 0) is 34.5 Å². The zero-order valence-corrected chi connectivity index (χ0v) is 15.0. The molecule has 0 radical (unpaired) electrons. The summed E-state index contributed by atoms with van der Waals surface area (Å²) >= 11 is 4.94. The number of nitrogens with zero attached hydrogens (tertiary/aromatic N) is 3. The zero-order valence-electron chi connectivity index (χ0n) is 12.6. The number of carbonyl (C=O) groups is 2. The zero-order chi connectivity index (χ0) is 15.6. The molecule has 5 nitrogen and oxygen atoms in total. The smallest absolute Gasteiger partial charge is 0.264 e. The number of carbonyl (C=O) groups excluding carboxylic acids is 2. The summed E-state index contributed by atoms with van der Waals surface area (Å²) in [6.45, 7) is 5.26. The number of likely N-dealkylation sites (N-methyl/N-ethyl adjacent to an activating group) is 1. The van der Waals surface area contributed by atoms with Crippen molar-refractivity contribution in [2.24, 2.45) is 0 Å². The minimum atomic E-state index is 0.0902. The predicted octanol–water partition coefficient (Wildman–Crippen LogP) is 1.67. The molecular weight excluding hydrogens is 354 g/mol. The monoisotopic (exact) mass is 373 g/mol. The fourth-order valence-corrected chi connectivity index (χ4v) is 3.67. The van der Waals surface area contributed by atoms with Gasteiger partial charge < -0.3 is 9.80 Å². The van der Waals surface area contributed by atoms with Gasteiger partial charge in [-0.15, -0.1) is 11.3 Å². The summed E-state index contributed by atoms with van der Waals surface area (Å²) in [5.74, 6) is 0.194. The average Bonchev–Trinajstić information content (AvgIpc) is 2.78. The quantitative estimate of drug-likeness (QED) is 0.809. The fraction of sp³-hybridized carbons (Fsp3) is 0.571. The Kier molecular flexibility index (Phi) is 5.40. The number of hydrogen-bond acceptors (Lipinski definition) is 4. The molecule has 1 aliphatic heterocycles. The lowest BCUT2D eigenvalue weighted by atomic mass is 10.2. The van der Waals surface area contributed by atoms with E-state index in [0.29, 0.717) is 19.6 Å². The molecule has 0 N–H and O–H groups in total. The maximum Gasteiger partial charge on any atom is 0.264 e. The first kappa shape index (κ1) is 16.5. The normalized spacial score (nSPS) is 16.1. The molecule has 0 saturated carbocycles. The molecule has 1 aromatic heterocycles. The summed E-state index contributed by atoms with van der Waals surface area (Å²) in [4.78, 5) is 30.5. The Bertz CT molecular complexity index is 517. The summed E-state index contributed by atoms with van der Waals surface area (Å²) in [5, 5.41) is 0. The van der Waals surface area contributed by atoms with E-state index in [-0.39, 0.29) is 11.8 Å². The lowest BCUT2D eigenvalue weighted by Gasteiger charge is -2.34.